The maximum atomic E-state index is 14.2. The second kappa shape index (κ2) is 15.2. The number of hydrogen-bond donors (Lipinski definition) is 2. The quantitative estimate of drug-likeness (QED) is 0.0512. The summed E-state index contributed by atoms with van der Waals surface area (Å²) in [6.45, 7) is -0.326. The Morgan fingerprint density at radius 2 is 1.43 bits per heavy atom. The molecule has 0 spiro atoms. The maximum absolute atomic E-state index is 14.2. The van der Waals surface area contributed by atoms with Crippen LogP contribution in [0.5, 0.6) is 0 Å². The predicted molar refractivity (Wildman–Crippen MR) is 170 cm³/mol. The van der Waals surface area contributed by atoms with Gasteiger partial charge in [0.25, 0.3) is 5.91 Å². The Kier molecular flexibility index (Phi) is 10.6. The molecule has 0 radical (unpaired) electrons. The first-order valence-corrected chi connectivity index (χ1v) is 16.1. The maximum Gasteiger partial charge on any atom is 0.257 e. The number of amides is 1. The molecule has 1 aliphatic rings. The fourth-order valence-electron chi connectivity index (χ4n) is 5.39. The summed E-state index contributed by atoms with van der Waals surface area (Å²) in [5.74, 6) is -12.0. The van der Waals surface area contributed by atoms with Crippen LogP contribution in [-0.2, 0) is 22.6 Å². The molecule has 49 heavy (non-hydrogen) atoms. The zero-order valence-corrected chi connectivity index (χ0v) is 26.4. The van der Waals surface area contributed by atoms with Gasteiger partial charge < -0.3 is 19.9 Å². The average molecular weight is 694 g/mol. The molecule has 6 rings (SSSR count). The van der Waals surface area contributed by atoms with Gasteiger partial charge in [0.2, 0.25) is 5.82 Å². The fourth-order valence-corrected chi connectivity index (χ4v) is 6.21. The van der Waals surface area contributed by atoms with Crippen molar-refractivity contribution < 1.29 is 41.3 Å². The van der Waals surface area contributed by atoms with E-state index in [1.165, 1.54) is 11.8 Å². The highest BCUT2D eigenvalue weighted by Crippen LogP contribution is 2.40. The van der Waals surface area contributed by atoms with Crippen LogP contribution in [0.1, 0.15) is 51.4 Å². The Morgan fingerprint density at radius 3 is 2.10 bits per heavy atom. The molecule has 3 atom stereocenters. The first kappa shape index (κ1) is 34.2. The lowest BCUT2D eigenvalue weighted by atomic mass is 9.97. The van der Waals surface area contributed by atoms with E-state index in [-0.39, 0.29) is 25.4 Å². The summed E-state index contributed by atoms with van der Waals surface area (Å²) in [5.41, 5.74) is 2.83. The minimum atomic E-state index is -2.34. The van der Waals surface area contributed by atoms with Crippen LogP contribution >= 0.6 is 11.8 Å². The molecule has 3 unspecified atom stereocenters. The summed E-state index contributed by atoms with van der Waals surface area (Å²) in [7, 11) is 0. The van der Waals surface area contributed by atoms with Crippen LogP contribution < -0.4 is 5.32 Å². The first-order chi connectivity index (χ1) is 23.7. The number of nitrogens with zero attached hydrogens (tertiary/aromatic N) is 2. The topological polar surface area (TPSA) is 93.6 Å². The van der Waals surface area contributed by atoms with E-state index in [1.807, 2.05) is 48.5 Å². The van der Waals surface area contributed by atoms with Crippen LogP contribution in [0, 0.1) is 29.1 Å². The van der Waals surface area contributed by atoms with Gasteiger partial charge >= 0.3 is 0 Å². The van der Waals surface area contributed by atoms with Crippen molar-refractivity contribution in [1.29, 1.82) is 0 Å². The Balaban J connectivity index is 1.20. The number of halogens is 5. The van der Waals surface area contributed by atoms with Crippen molar-refractivity contribution in [1.82, 2.24) is 15.3 Å². The molecule has 2 heterocycles. The third kappa shape index (κ3) is 7.65. The van der Waals surface area contributed by atoms with E-state index in [4.69, 9.17) is 9.47 Å². The van der Waals surface area contributed by atoms with Crippen molar-refractivity contribution in [2.24, 2.45) is 0 Å². The zero-order chi connectivity index (χ0) is 34.5. The normalized spacial score (nSPS) is 17.6. The number of nitrogens with one attached hydrogen (secondary N) is 1. The van der Waals surface area contributed by atoms with Gasteiger partial charge in [-0.15, -0.1) is 0 Å². The third-order valence-corrected chi connectivity index (χ3v) is 8.95. The van der Waals surface area contributed by atoms with E-state index in [0.717, 1.165) is 22.3 Å². The molecule has 5 aromatic rings. The molecule has 1 aromatic heterocycles. The lowest BCUT2D eigenvalue weighted by Crippen LogP contribution is -2.31. The van der Waals surface area contributed by atoms with Crippen molar-refractivity contribution in [2.45, 2.75) is 43.2 Å². The van der Waals surface area contributed by atoms with Gasteiger partial charge in [-0.2, -0.15) is 0 Å². The Morgan fingerprint density at radius 1 is 0.796 bits per heavy atom. The van der Waals surface area contributed by atoms with E-state index < -0.39 is 46.8 Å². The summed E-state index contributed by atoms with van der Waals surface area (Å²) in [6.07, 6.45) is 2.71. The standard InChI is InChI=1S/C36H28F5N3O4S/c37-29-28(30(38)32(40)33(41)31(29)39)34(46)44-17-24-4-1-2-5-26(24)21-10-12-23(13-11-21)35-47-25(19-49-36-42-14-3-15-43-36)16-27(48-35)22-8-6-20(18-45)7-9-22/h1-15,25,27,35,45H,16-19H2,(H,44,46). The molecular weight excluding hydrogens is 665 g/mol. The summed E-state index contributed by atoms with van der Waals surface area (Å²) < 4.78 is 82.0. The Hall–Kier alpha value is -4.69. The van der Waals surface area contributed by atoms with E-state index >= 15 is 0 Å². The number of thioether (sulfide) groups is 1. The SMILES string of the molecule is O=C(NCc1ccccc1-c1ccc(C2OC(CSc3ncccn3)CC(c3ccc(CO)cc3)O2)cc1)c1c(F)c(F)c(F)c(F)c1F. The summed E-state index contributed by atoms with van der Waals surface area (Å²) in [6, 6.07) is 23.5. The lowest BCUT2D eigenvalue weighted by molar-refractivity contribution is -0.245. The first-order valence-electron chi connectivity index (χ1n) is 15.1. The monoisotopic (exact) mass is 693 g/mol. The molecule has 2 N–H and O–H groups in total. The number of benzene rings is 4. The van der Waals surface area contributed by atoms with Crippen molar-refractivity contribution in [3.8, 4) is 11.1 Å². The summed E-state index contributed by atoms with van der Waals surface area (Å²) >= 11 is 1.48. The molecular formula is C36H28F5N3O4S. The van der Waals surface area contributed by atoms with Gasteiger partial charge in [0.05, 0.1) is 18.8 Å². The van der Waals surface area contributed by atoms with Crippen LogP contribution in [0.3, 0.4) is 0 Å². The van der Waals surface area contributed by atoms with Gasteiger partial charge in [0.15, 0.2) is 34.7 Å². The van der Waals surface area contributed by atoms with E-state index in [1.54, 1.807) is 42.7 Å². The van der Waals surface area contributed by atoms with Crippen LogP contribution in [-0.4, -0.2) is 32.8 Å². The van der Waals surface area contributed by atoms with Gasteiger partial charge in [0, 0.05) is 36.7 Å². The van der Waals surface area contributed by atoms with Crippen molar-refractivity contribution in [2.75, 3.05) is 5.75 Å². The van der Waals surface area contributed by atoms with Crippen molar-refractivity contribution in [3.63, 3.8) is 0 Å². The highest BCUT2D eigenvalue weighted by Gasteiger charge is 2.33. The van der Waals surface area contributed by atoms with Crippen molar-refractivity contribution in [3.05, 3.63) is 148 Å². The number of aliphatic hydroxyl groups excluding tert-OH is 1. The Labute approximate surface area is 282 Å². The van der Waals surface area contributed by atoms with Gasteiger partial charge in [-0.3, -0.25) is 4.79 Å². The third-order valence-electron chi connectivity index (χ3n) is 7.94. The lowest BCUT2D eigenvalue weighted by Gasteiger charge is -2.36. The number of aromatic nitrogens is 2. The molecule has 1 fully saturated rings. The largest absolute Gasteiger partial charge is 0.392 e. The number of carbonyl (C=O) groups excluding carboxylic acids is 1. The van der Waals surface area contributed by atoms with Crippen LogP contribution in [0.25, 0.3) is 11.1 Å². The molecule has 0 aliphatic carbocycles. The highest BCUT2D eigenvalue weighted by atomic mass is 32.2. The molecule has 0 bridgehead atoms. The van der Waals surface area contributed by atoms with Gasteiger partial charge in [-0.05, 0) is 33.9 Å². The molecule has 1 aliphatic heterocycles. The average Bonchev–Trinajstić information content (AvgIpc) is 3.15. The minimum absolute atomic E-state index is 0.0684. The van der Waals surface area contributed by atoms with E-state index in [0.29, 0.717) is 28.5 Å². The predicted octanol–water partition coefficient (Wildman–Crippen LogP) is 7.60. The summed E-state index contributed by atoms with van der Waals surface area (Å²) in [5, 5.41) is 12.4. The van der Waals surface area contributed by atoms with Gasteiger partial charge in [0.1, 0.15) is 5.56 Å². The second-order valence-corrected chi connectivity index (χ2v) is 12.1. The smallest absolute Gasteiger partial charge is 0.257 e. The van der Waals surface area contributed by atoms with Crippen LogP contribution in [0.15, 0.2) is 96.4 Å². The van der Waals surface area contributed by atoms with Crippen LogP contribution in [0.2, 0.25) is 0 Å². The summed E-state index contributed by atoms with van der Waals surface area (Å²) in [4.78, 5) is 21.1. The minimum Gasteiger partial charge on any atom is -0.392 e. The molecule has 1 saturated heterocycles. The Bertz CT molecular complexity index is 1910. The van der Waals surface area contributed by atoms with Gasteiger partial charge in [-0.25, -0.2) is 31.9 Å². The zero-order valence-electron chi connectivity index (χ0n) is 25.6. The number of ether oxygens (including phenoxy) is 2. The second-order valence-electron chi connectivity index (χ2n) is 11.1. The number of aliphatic hydroxyl groups is 1. The highest BCUT2D eigenvalue weighted by molar-refractivity contribution is 7.99. The van der Waals surface area contributed by atoms with E-state index in [2.05, 4.69) is 15.3 Å². The molecule has 7 nitrogen and oxygen atoms in total. The van der Waals surface area contributed by atoms with E-state index in [9.17, 15) is 31.9 Å². The molecule has 13 heteroatoms. The van der Waals surface area contributed by atoms with Crippen molar-refractivity contribution >= 4 is 17.7 Å². The number of hydrogen-bond acceptors (Lipinski definition) is 7. The van der Waals surface area contributed by atoms with Crippen LogP contribution in [0.4, 0.5) is 22.0 Å². The molecule has 252 valence electrons. The molecule has 0 saturated carbocycles. The number of carbonyl (C=O) groups is 1. The van der Waals surface area contributed by atoms with Gasteiger partial charge in [-0.1, -0.05) is 84.6 Å². The number of rotatable bonds is 10. The fraction of sp³-hybridized carbons (Fsp3) is 0.194. The molecule has 4 aromatic carbocycles. The molecule has 1 amide bonds.